The predicted octanol–water partition coefficient (Wildman–Crippen LogP) is 2.21. The fraction of sp³-hybridized carbons (Fsp3) is 0.484. The maximum absolute atomic E-state index is 13.1. The molecule has 6 rings (SSSR count). The average Bonchev–Trinajstić information content (AvgIpc) is 2.96. The van der Waals surface area contributed by atoms with Crippen LogP contribution in [0.5, 0.6) is 11.5 Å². The van der Waals surface area contributed by atoms with Gasteiger partial charge >= 0.3 is 0 Å². The molecule has 10 heteroatoms. The Labute approximate surface area is 239 Å². The predicted molar refractivity (Wildman–Crippen MR) is 154 cm³/mol. The first kappa shape index (κ1) is 27.7. The van der Waals surface area contributed by atoms with E-state index in [9.17, 15) is 19.1 Å². The van der Waals surface area contributed by atoms with Crippen LogP contribution >= 0.6 is 0 Å². The second-order valence-corrected chi connectivity index (χ2v) is 11.7. The van der Waals surface area contributed by atoms with Gasteiger partial charge in [-0.3, -0.25) is 24.3 Å². The van der Waals surface area contributed by atoms with Crippen LogP contribution < -0.4 is 15.7 Å². The highest BCUT2D eigenvalue weighted by Gasteiger charge is 2.34. The number of likely N-dealkylation sites (tertiary alicyclic amines) is 1. The Bertz CT molecular complexity index is 1500. The molecule has 5 heterocycles. The Balaban J connectivity index is 1.06. The van der Waals surface area contributed by atoms with Crippen LogP contribution in [0.3, 0.4) is 0 Å². The molecule has 3 aromatic rings. The maximum Gasteiger partial charge on any atom is 0.250 e. The summed E-state index contributed by atoms with van der Waals surface area (Å²) < 4.78 is 22.7. The molecular formula is C31H38FN5O4. The quantitative estimate of drug-likeness (QED) is 0.450. The number of hydrogen-bond donors (Lipinski definition) is 1. The molecule has 3 aliphatic rings. The number of fused-ring (bicyclic) bond motifs is 4. The molecule has 2 bridgehead atoms. The summed E-state index contributed by atoms with van der Waals surface area (Å²) >= 11 is 0. The number of rotatable bonds is 8. The second-order valence-electron chi connectivity index (χ2n) is 11.7. The van der Waals surface area contributed by atoms with Gasteiger partial charge in [0, 0.05) is 102 Å². The third-order valence-corrected chi connectivity index (χ3v) is 8.91. The smallest absolute Gasteiger partial charge is 0.250 e. The van der Waals surface area contributed by atoms with E-state index in [4.69, 9.17) is 4.74 Å². The Morgan fingerprint density at radius 3 is 2.46 bits per heavy atom. The van der Waals surface area contributed by atoms with Gasteiger partial charge in [0.15, 0.2) is 5.75 Å². The van der Waals surface area contributed by atoms with Gasteiger partial charge in [0.25, 0.3) is 5.56 Å². The molecule has 2 atom stereocenters. The van der Waals surface area contributed by atoms with Crippen LogP contribution in [0.25, 0.3) is 0 Å². The molecule has 9 nitrogen and oxygen atoms in total. The molecule has 0 amide bonds. The van der Waals surface area contributed by atoms with Gasteiger partial charge < -0.3 is 19.0 Å². The van der Waals surface area contributed by atoms with Gasteiger partial charge in [-0.05, 0) is 42.7 Å². The lowest BCUT2D eigenvalue weighted by Gasteiger charge is -2.43. The van der Waals surface area contributed by atoms with E-state index in [1.54, 1.807) is 24.3 Å². The Morgan fingerprint density at radius 2 is 1.68 bits per heavy atom. The lowest BCUT2D eigenvalue weighted by Crippen LogP contribution is -2.47. The van der Waals surface area contributed by atoms with Gasteiger partial charge in [-0.25, -0.2) is 4.39 Å². The zero-order valence-electron chi connectivity index (χ0n) is 23.5. The molecule has 1 unspecified atom stereocenters. The summed E-state index contributed by atoms with van der Waals surface area (Å²) in [5.41, 5.74) is 2.40. The van der Waals surface area contributed by atoms with Crippen molar-refractivity contribution in [2.24, 2.45) is 13.0 Å². The number of ether oxygens (including phenoxy) is 1. The molecule has 2 saturated heterocycles. The summed E-state index contributed by atoms with van der Waals surface area (Å²) in [6, 6.07) is 13.2. The van der Waals surface area contributed by atoms with Crippen LogP contribution in [-0.2, 0) is 26.7 Å². The Kier molecular flexibility index (Phi) is 7.96. The summed E-state index contributed by atoms with van der Waals surface area (Å²) in [6.07, 6.45) is 1.09. The van der Waals surface area contributed by atoms with Crippen molar-refractivity contribution in [2.75, 3.05) is 52.4 Å². The van der Waals surface area contributed by atoms with Crippen molar-refractivity contribution in [3.05, 3.63) is 92.0 Å². The number of aromatic hydroxyl groups is 1. The molecule has 0 aliphatic carbocycles. The van der Waals surface area contributed by atoms with Crippen LogP contribution in [0.15, 0.2) is 58.1 Å². The molecule has 2 fully saturated rings. The first-order valence-corrected chi connectivity index (χ1v) is 14.5. The van der Waals surface area contributed by atoms with Gasteiger partial charge in [0.2, 0.25) is 5.43 Å². The van der Waals surface area contributed by atoms with Crippen molar-refractivity contribution in [1.29, 1.82) is 0 Å². The van der Waals surface area contributed by atoms with E-state index in [0.29, 0.717) is 43.0 Å². The highest BCUT2D eigenvalue weighted by atomic mass is 19.1. The van der Waals surface area contributed by atoms with Crippen molar-refractivity contribution < 1.29 is 14.2 Å². The highest BCUT2D eigenvalue weighted by Crippen LogP contribution is 2.35. The summed E-state index contributed by atoms with van der Waals surface area (Å²) in [6.45, 7) is 8.29. The summed E-state index contributed by atoms with van der Waals surface area (Å²) in [5, 5.41) is 10.7. The number of piperidine rings is 1. The molecule has 0 radical (unpaired) electrons. The van der Waals surface area contributed by atoms with Crippen molar-refractivity contribution in [1.82, 2.24) is 23.8 Å². The molecule has 1 N–H and O–H groups in total. The molecule has 3 aliphatic heterocycles. The van der Waals surface area contributed by atoms with Crippen LogP contribution in [0.4, 0.5) is 4.39 Å². The van der Waals surface area contributed by atoms with E-state index in [0.717, 1.165) is 70.2 Å². The van der Waals surface area contributed by atoms with Crippen LogP contribution in [0.2, 0.25) is 0 Å². The van der Waals surface area contributed by atoms with Gasteiger partial charge in [-0.2, -0.15) is 0 Å². The molecule has 218 valence electrons. The Morgan fingerprint density at radius 1 is 0.927 bits per heavy atom. The zero-order chi connectivity index (χ0) is 28.5. The SMILES string of the molecule is Cn1c(CN2CC3C[C@H](C2)Cn2c3cccc2=O)cc(=O)c(O)c1CN1CCN(CCOc2ccc(F)cc2)CC1. The van der Waals surface area contributed by atoms with Gasteiger partial charge in [0.05, 0.1) is 5.69 Å². The van der Waals surface area contributed by atoms with Crippen molar-refractivity contribution in [2.45, 2.75) is 32.0 Å². The van der Waals surface area contributed by atoms with Gasteiger partial charge in [-0.1, -0.05) is 6.07 Å². The number of hydrogen-bond acceptors (Lipinski definition) is 7. The van der Waals surface area contributed by atoms with Crippen molar-refractivity contribution >= 4 is 0 Å². The van der Waals surface area contributed by atoms with Gasteiger partial charge in [0.1, 0.15) is 18.2 Å². The number of pyridine rings is 2. The molecule has 2 aromatic heterocycles. The van der Waals surface area contributed by atoms with Crippen LogP contribution in [-0.4, -0.2) is 81.4 Å². The summed E-state index contributed by atoms with van der Waals surface area (Å²) in [5.74, 6) is 0.931. The maximum atomic E-state index is 13.1. The topological polar surface area (TPSA) is 83.2 Å². The Hall–Kier alpha value is -3.47. The number of piperazine rings is 1. The number of halogens is 1. The highest BCUT2D eigenvalue weighted by molar-refractivity contribution is 5.30. The molecule has 0 spiro atoms. The lowest BCUT2D eigenvalue weighted by atomic mass is 9.83. The van der Waals surface area contributed by atoms with E-state index < -0.39 is 0 Å². The molecule has 1 aromatic carbocycles. The summed E-state index contributed by atoms with van der Waals surface area (Å²) in [4.78, 5) is 32.2. The van der Waals surface area contributed by atoms with Crippen LogP contribution in [0, 0.1) is 11.7 Å². The average molecular weight is 564 g/mol. The third kappa shape index (κ3) is 6.10. The standard InChI is InChI=1S/C31H38FN5O4/c1-33-25(20-36-17-22-15-23(19-36)27-3-2-4-30(39)37(27)18-22)16-29(38)31(40)28(33)21-35-11-9-34(10-12-35)13-14-41-26-7-5-24(32)6-8-26/h2-8,16,22-23,40H,9-15,17-21H2,1H3/t22-,23?/m1/s1. The second kappa shape index (κ2) is 11.8. The lowest BCUT2D eigenvalue weighted by molar-refractivity contribution is 0.107. The fourth-order valence-electron chi connectivity index (χ4n) is 6.68. The normalized spacial score (nSPS) is 21.5. The van der Waals surface area contributed by atoms with E-state index in [2.05, 4.69) is 20.8 Å². The molecular weight excluding hydrogens is 525 g/mol. The number of nitrogens with zero attached hydrogens (tertiary/aromatic N) is 5. The van der Waals surface area contributed by atoms with E-state index in [-0.39, 0.29) is 22.6 Å². The molecule has 41 heavy (non-hydrogen) atoms. The monoisotopic (exact) mass is 563 g/mol. The first-order chi connectivity index (χ1) is 19.8. The number of benzene rings is 1. The molecule has 0 saturated carbocycles. The first-order valence-electron chi connectivity index (χ1n) is 14.5. The summed E-state index contributed by atoms with van der Waals surface area (Å²) in [7, 11) is 1.94. The van der Waals surface area contributed by atoms with Crippen molar-refractivity contribution in [3.8, 4) is 11.5 Å². The minimum atomic E-state index is -0.334. The third-order valence-electron chi connectivity index (χ3n) is 8.91. The largest absolute Gasteiger partial charge is 0.503 e. The van der Waals surface area contributed by atoms with Gasteiger partial charge in [-0.15, -0.1) is 0 Å². The van der Waals surface area contributed by atoms with E-state index in [1.165, 1.54) is 12.1 Å². The minimum absolute atomic E-state index is 0.0791. The fourth-order valence-corrected chi connectivity index (χ4v) is 6.68. The van der Waals surface area contributed by atoms with E-state index >= 15 is 0 Å². The van der Waals surface area contributed by atoms with E-state index in [1.807, 2.05) is 22.2 Å². The van der Waals surface area contributed by atoms with Crippen LogP contribution in [0.1, 0.15) is 29.4 Å². The minimum Gasteiger partial charge on any atom is -0.503 e. The zero-order valence-corrected chi connectivity index (χ0v) is 23.5. The van der Waals surface area contributed by atoms with Crippen molar-refractivity contribution in [3.63, 3.8) is 0 Å². The number of aromatic nitrogens is 2.